The molecule has 1 fully saturated rings. The number of primary amides is 1. The van der Waals surface area contributed by atoms with E-state index in [0.29, 0.717) is 0 Å². The van der Waals surface area contributed by atoms with Crippen LogP contribution in [-0.2, 0) is 24.0 Å². The van der Waals surface area contributed by atoms with Gasteiger partial charge in [-0.25, -0.2) is 9.59 Å². The molecule has 1 saturated heterocycles. The Morgan fingerprint density at radius 2 is 2.23 bits per heavy atom. The summed E-state index contributed by atoms with van der Waals surface area (Å²) in [7, 11) is 1.25. The first-order valence-electron chi connectivity index (χ1n) is 8.13. The first kappa shape index (κ1) is 23.4. The maximum absolute atomic E-state index is 12.6. The number of carboxylic acid groups (broad SMARTS) is 1. The number of carbonyl (C=O) groups is 4. The second kappa shape index (κ2) is 9.75. The number of furan rings is 1. The monoisotopic (exact) mass is 432 g/mol. The number of β-lactam (4-membered cyclic amide) rings is 1. The number of thioether (sulfide) groups is 1. The molecule has 30 heavy (non-hydrogen) atoms. The van der Waals surface area contributed by atoms with Crippen LogP contribution in [-0.4, -0.2) is 70.5 Å². The quantitative estimate of drug-likeness (QED) is 0.172. The minimum Gasteiger partial charge on any atom is -1.00 e. The molecule has 0 unspecified atom stereocenters. The number of hydrogen-bond donors (Lipinski definition) is 3. The number of fused-ring (bicyclic) bond motifs is 1. The normalized spacial score (nSPS) is 20.5. The van der Waals surface area contributed by atoms with Crippen LogP contribution < -0.4 is 29.9 Å². The van der Waals surface area contributed by atoms with Gasteiger partial charge in [-0.15, -0.1) is 11.8 Å². The van der Waals surface area contributed by atoms with Gasteiger partial charge in [0.1, 0.15) is 30.8 Å². The van der Waals surface area contributed by atoms with E-state index in [9.17, 15) is 24.3 Å². The number of ether oxygens (including phenoxy) is 1. The van der Waals surface area contributed by atoms with Gasteiger partial charge in [0, 0.05) is 11.3 Å². The number of nitrogens with zero attached hydrogens (tertiary/aromatic N) is 2. The molecule has 0 bridgehead atoms. The summed E-state index contributed by atoms with van der Waals surface area (Å²) < 4.78 is 9.79. The summed E-state index contributed by atoms with van der Waals surface area (Å²) in [5.74, 6) is -2.38. The molecule has 0 aromatic carbocycles. The van der Waals surface area contributed by atoms with Crippen LogP contribution in [0.4, 0.5) is 4.79 Å². The molecule has 14 heteroatoms. The van der Waals surface area contributed by atoms with Crippen molar-refractivity contribution in [2.24, 2.45) is 10.9 Å². The third-order valence-electron chi connectivity index (χ3n) is 4.08. The Morgan fingerprint density at radius 1 is 1.50 bits per heavy atom. The Labute approximate surface area is 187 Å². The van der Waals surface area contributed by atoms with Gasteiger partial charge in [0.2, 0.25) is 5.71 Å². The van der Waals surface area contributed by atoms with Crippen molar-refractivity contribution in [3.05, 3.63) is 35.4 Å². The number of aliphatic carboxylic acids is 1. The Kier molecular flexibility index (Phi) is 7.60. The zero-order valence-electron chi connectivity index (χ0n) is 17.0. The minimum atomic E-state index is -1.35. The molecule has 3 heterocycles. The van der Waals surface area contributed by atoms with Crippen molar-refractivity contribution in [3.8, 4) is 0 Å². The van der Waals surface area contributed by atoms with Crippen LogP contribution in [0.3, 0.4) is 0 Å². The fourth-order valence-corrected chi connectivity index (χ4v) is 4.19. The van der Waals surface area contributed by atoms with Gasteiger partial charge in [0.05, 0.1) is 6.26 Å². The Balaban J connectivity index is 0.00000240. The van der Waals surface area contributed by atoms with Crippen molar-refractivity contribution in [1.82, 2.24) is 10.2 Å². The van der Waals surface area contributed by atoms with Gasteiger partial charge in [-0.3, -0.25) is 14.5 Å². The summed E-state index contributed by atoms with van der Waals surface area (Å²) in [6.45, 7) is -0.347. The van der Waals surface area contributed by atoms with Crippen LogP contribution in [0.25, 0.3) is 0 Å². The maximum Gasteiger partial charge on any atom is 1.00 e. The number of amides is 3. The predicted molar refractivity (Wildman–Crippen MR) is 98.6 cm³/mol. The first-order chi connectivity index (χ1) is 13.8. The zero-order chi connectivity index (χ0) is 21.1. The fraction of sp³-hybridized carbons (Fsp3) is 0.312. The molecule has 3 rings (SSSR count). The van der Waals surface area contributed by atoms with Crippen molar-refractivity contribution in [2.45, 2.75) is 11.4 Å². The summed E-state index contributed by atoms with van der Waals surface area (Å²) in [5, 5.41) is 15.0. The predicted octanol–water partition coefficient (Wildman–Crippen LogP) is -3.42. The summed E-state index contributed by atoms with van der Waals surface area (Å²) in [4.78, 5) is 53.3. The van der Waals surface area contributed by atoms with E-state index in [4.69, 9.17) is 10.2 Å². The number of hydrogen-bond acceptors (Lipinski definition) is 9. The SMILES string of the molecule is CO/N=C(/C(=O)N[C@@H]1C(=O)N2C(C(=O)O)=C(COC(N)=O)CS[C@H]12)c1ccco1.[H-].[Li+]. The van der Waals surface area contributed by atoms with Crippen LogP contribution in [0.1, 0.15) is 7.19 Å². The summed E-state index contributed by atoms with van der Waals surface area (Å²) in [6.07, 6.45) is 0.290. The third-order valence-corrected chi connectivity index (χ3v) is 5.42. The Hall–Kier alpha value is -2.88. The molecule has 0 saturated carbocycles. The van der Waals surface area contributed by atoms with Gasteiger partial charge in [0.15, 0.2) is 5.76 Å². The van der Waals surface area contributed by atoms with Gasteiger partial charge in [0.25, 0.3) is 11.8 Å². The molecular formula is C16H17LiN4O8S. The molecular weight excluding hydrogens is 415 g/mol. The molecule has 12 nitrogen and oxygen atoms in total. The van der Waals surface area contributed by atoms with Crippen LogP contribution in [0, 0.1) is 0 Å². The fourth-order valence-electron chi connectivity index (χ4n) is 2.87. The molecule has 3 amide bonds. The molecule has 4 N–H and O–H groups in total. The molecule has 156 valence electrons. The maximum atomic E-state index is 12.6. The topological polar surface area (TPSA) is 174 Å². The molecule has 1 aromatic heterocycles. The second-order valence-electron chi connectivity index (χ2n) is 5.83. The van der Waals surface area contributed by atoms with E-state index >= 15 is 0 Å². The Bertz CT molecular complexity index is 923. The van der Waals surface area contributed by atoms with Gasteiger partial charge in [-0.1, -0.05) is 5.16 Å². The van der Waals surface area contributed by atoms with E-state index in [1.807, 2.05) is 0 Å². The zero-order valence-corrected chi connectivity index (χ0v) is 16.8. The smallest absolute Gasteiger partial charge is 1.00 e. The molecule has 2 atom stereocenters. The number of carbonyl (C=O) groups excluding carboxylic acids is 3. The van der Waals surface area contributed by atoms with Gasteiger partial charge in [-0.2, -0.15) is 0 Å². The second-order valence-corrected chi connectivity index (χ2v) is 6.93. The number of rotatable bonds is 7. The van der Waals surface area contributed by atoms with Crippen LogP contribution in [0.2, 0.25) is 0 Å². The largest absolute Gasteiger partial charge is 1.00 e. The van der Waals surface area contributed by atoms with Crippen molar-refractivity contribution in [1.29, 1.82) is 0 Å². The van der Waals surface area contributed by atoms with Gasteiger partial charge < -0.3 is 31.6 Å². The number of nitrogens with one attached hydrogen (secondary N) is 1. The minimum absolute atomic E-state index is 0. The van der Waals surface area contributed by atoms with E-state index in [2.05, 4.69) is 20.0 Å². The van der Waals surface area contributed by atoms with Crippen LogP contribution in [0.15, 0.2) is 39.2 Å². The average molecular weight is 432 g/mol. The van der Waals surface area contributed by atoms with Crippen molar-refractivity contribution in [2.75, 3.05) is 19.5 Å². The Morgan fingerprint density at radius 3 is 2.80 bits per heavy atom. The standard InChI is InChI=1S/C16H16N4O8S.Li.H/c1-26-19-9(8-3-2-4-27-8)12(21)18-10-13(22)20-11(15(23)24)7(5-28-16(17)25)6-29-14(10)20;;/h2-4,10,14H,5-6H2,1H3,(H2,17,25)(H,18,21)(H,23,24);;/q;+1;-1/b19-9+;;/t10-,14-;;/m1../s1. The molecule has 2 aliphatic heterocycles. The third kappa shape index (κ3) is 4.48. The number of oxime groups is 1. The van der Waals surface area contributed by atoms with E-state index in [0.717, 1.165) is 4.90 Å². The van der Waals surface area contributed by atoms with E-state index in [-0.39, 0.29) is 55.4 Å². The first-order valence-corrected chi connectivity index (χ1v) is 9.18. The van der Waals surface area contributed by atoms with Gasteiger partial charge in [-0.05, 0) is 12.1 Å². The molecule has 2 aliphatic rings. The van der Waals surface area contributed by atoms with E-state index in [1.54, 1.807) is 6.07 Å². The molecule has 0 radical (unpaired) electrons. The molecule has 0 aliphatic carbocycles. The number of nitrogens with two attached hydrogens (primary N) is 1. The van der Waals surface area contributed by atoms with Crippen molar-refractivity contribution >= 4 is 41.4 Å². The van der Waals surface area contributed by atoms with E-state index in [1.165, 1.54) is 31.2 Å². The molecule has 1 aromatic rings. The average Bonchev–Trinajstić information content (AvgIpc) is 3.21. The summed E-state index contributed by atoms with van der Waals surface area (Å²) in [6, 6.07) is 2.08. The number of carboxylic acids is 1. The van der Waals surface area contributed by atoms with Crippen LogP contribution in [0.5, 0.6) is 0 Å². The van der Waals surface area contributed by atoms with E-state index < -0.39 is 35.3 Å². The van der Waals surface area contributed by atoms with Crippen LogP contribution >= 0.6 is 11.8 Å². The van der Waals surface area contributed by atoms with Gasteiger partial charge >= 0.3 is 30.9 Å². The summed E-state index contributed by atoms with van der Waals surface area (Å²) >= 11 is 1.21. The van der Waals surface area contributed by atoms with Crippen molar-refractivity contribution < 1.29 is 58.6 Å². The molecule has 0 spiro atoms. The van der Waals surface area contributed by atoms with Crippen molar-refractivity contribution in [3.63, 3.8) is 0 Å². The summed E-state index contributed by atoms with van der Waals surface area (Å²) in [5.41, 5.74) is 4.68.